The molecule has 0 spiro atoms. The van der Waals surface area contributed by atoms with Crippen LogP contribution in [0.3, 0.4) is 0 Å². The van der Waals surface area contributed by atoms with E-state index < -0.39 is 0 Å². The summed E-state index contributed by atoms with van der Waals surface area (Å²) >= 11 is 0. The van der Waals surface area contributed by atoms with Gasteiger partial charge in [0.05, 0.1) is 18.2 Å². The van der Waals surface area contributed by atoms with Crippen LogP contribution in [0.2, 0.25) is 0 Å². The molecular weight excluding hydrogens is 150 g/mol. The molecule has 0 aromatic carbocycles. The zero-order valence-corrected chi connectivity index (χ0v) is 7.33. The van der Waals surface area contributed by atoms with Gasteiger partial charge in [0.25, 0.3) is 0 Å². The van der Waals surface area contributed by atoms with Gasteiger partial charge in [-0.2, -0.15) is 5.26 Å². The minimum Gasteiger partial charge on any atom is -0.238 e. The smallest absolute Gasteiger partial charge is 0.125 e. The molecule has 1 heterocycles. The topological polar surface area (TPSA) is 49.6 Å². The second-order valence-corrected chi connectivity index (χ2v) is 2.59. The van der Waals surface area contributed by atoms with Crippen molar-refractivity contribution in [1.82, 2.24) is 9.97 Å². The minimum absolute atomic E-state index is 0.371. The Morgan fingerprint density at radius 2 is 2.08 bits per heavy atom. The van der Waals surface area contributed by atoms with Crippen LogP contribution in [0.25, 0.3) is 0 Å². The maximum Gasteiger partial charge on any atom is 0.125 e. The molecule has 0 aliphatic rings. The van der Waals surface area contributed by atoms with Crippen LogP contribution in [0.15, 0.2) is 6.07 Å². The molecule has 0 radical (unpaired) electrons. The second kappa shape index (κ2) is 3.82. The Morgan fingerprint density at radius 1 is 1.42 bits per heavy atom. The largest absolute Gasteiger partial charge is 0.238 e. The molecule has 0 fully saturated rings. The Labute approximate surface area is 72.1 Å². The van der Waals surface area contributed by atoms with Crippen LogP contribution in [0.4, 0.5) is 0 Å². The standard InChI is InChI=1S/C9H11N3/c1-3-8-6-9(4-5-10)12-7(2)11-8/h6H,3-4H2,1-2H3. The van der Waals surface area contributed by atoms with E-state index in [1.165, 1.54) is 0 Å². The van der Waals surface area contributed by atoms with E-state index >= 15 is 0 Å². The number of aryl methyl sites for hydroxylation is 2. The second-order valence-electron chi connectivity index (χ2n) is 2.59. The third-order valence-corrected chi connectivity index (χ3v) is 1.57. The summed E-state index contributed by atoms with van der Waals surface area (Å²) in [5.41, 5.74) is 1.83. The van der Waals surface area contributed by atoms with E-state index in [2.05, 4.69) is 16.0 Å². The average Bonchev–Trinajstić information content (AvgIpc) is 2.04. The lowest BCUT2D eigenvalue weighted by atomic mass is 10.2. The number of hydrogen-bond acceptors (Lipinski definition) is 3. The van der Waals surface area contributed by atoms with Gasteiger partial charge in [-0.05, 0) is 19.4 Å². The fourth-order valence-electron chi connectivity index (χ4n) is 1.05. The molecule has 0 aliphatic heterocycles. The molecule has 12 heavy (non-hydrogen) atoms. The summed E-state index contributed by atoms with van der Waals surface area (Å²) in [6.07, 6.45) is 1.26. The number of hydrogen-bond donors (Lipinski definition) is 0. The molecule has 0 saturated carbocycles. The van der Waals surface area contributed by atoms with Gasteiger partial charge in [-0.15, -0.1) is 0 Å². The molecule has 62 valence electrons. The summed E-state index contributed by atoms with van der Waals surface area (Å²) in [4.78, 5) is 8.35. The molecule has 0 amide bonds. The van der Waals surface area contributed by atoms with Gasteiger partial charge in [-0.3, -0.25) is 0 Å². The van der Waals surface area contributed by atoms with Crippen molar-refractivity contribution < 1.29 is 0 Å². The van der Waals surface area contributed by atoms with E-state index in [0.29, 0.717) is 6.42 Å². The van der Waals surface area contributed by atoms with Crippen molar-refractivity contribution in [1.29, 1.82) is 5.26 Å². The Balaban J connectivity index is 2.99. The van der Waals surface area contributed by atoms with Gasteiger partial charge in [0.1, 0.15) is 5.82 Å². The summed E-state index contributed by atoms with van der Waals surface area (Å²) in [6.45, 7) is 3.89. The molecule has 1 aromatic heterocycles. The van der Waals surface area contributed by atoms with E-state index in [1.54, 1.807) is 0 Å². The van der Waals surface area contributed by atoms with Crippen LogP contribution < -0.4 is 0 Å². The summed E-state index contributed by atoms with van der Waals surface area (Å²) in [5.74, 6) is 0.750. The Bertz CT molecular complexity index is 312. The van der Waals surface area contributed by atoms with Crippen LogP contribution >= 0.6 is 0 Å². The van der Waals surface area contributed by atoms with Crippen molar-refractivity contribution in [3.05, 3.63) is 23.3 Å². The fraction of sp³-hybridized carbons (Fsp3) is 0.444. The van der Waals surface area contributed by atoms with E-state index in [0.717, 1.165) is 23.6 Å². The van der Waals surface area contributed by atoms with Gasteiger partial charge in [0.2, 0.25) is 0 Å². The first kappa shape index (κ1) is 8.66. The van der Waals surface area contributed by atoms with Crippen LogP contribution in [0.5, 0.6) is 0 Å². The van der Waals surface area contributed by atoms with Crippen molar-refractivity contribution in [2.45, 2.75) is 26.7 Å². The normalized spacial score (nSPS) is 9.42. The van der Waals surface area contributed by atoms with Crippen molar-refractivity contribution in [2.75, 3.05) is 0 Å². The molecule has 0 N–H and O–H groups in total. The van der Waals surface area contributed by atoms with E-state index in [4.69, 9.17) is 5.26 Å². The highest BCUT2D eigenvalue weighted by atomic mass is 14.9. The molecule has 3 heteroatoms. The number of nitrogens with zero attached hydrogens (tertiary/aromatic N) is 3. The number of nitriles is 1. The highest BCUT2D eigenvalue weighted by Crippen LogP contribution is 2.02. The lowest BCUT2D eigenvalue weighted by molar-refractivity contribution is 0.912. The molecule has 1 aromatic rings. The molecule has 0 atom stereocenters. The third-order valence-electron chi connectivity index (χ3n) is 1.57. The van der Waals surface area contributed by atoms with Gasteiger partial charge in [-0.1, -0.05) is 6.92 Å². The maximum absolute atomic E-state index is 8.46. The summed E-state index contributed by atoms with van der Waals surface area (Å²) in [5, 5.41) is 8.46. The van der Waals surface area contributed by atoms with Crippen LogP contribution in [0, 0.1) is 18.3 Å². The SMILES string of the molecule is CCc1cc(CC#N)nc(C)n1. The summed E-state index contributed by atoms with van der Waals surface area (Å²) < 4.78 is 0. The van der Waals surface area contributed by atoms with Crippen molar-refractivity contribution >= 4 is 0 Å². The highest BCUT2D eigenvalue weighted by molar-refractivity contribution is 5.13. The molecule has 1 rings (SSSR count). The van der Waals surface area contributed by atoms with Gasteiger partial charge in [-0.25, -0.2) is 9.97 Å². The summed E-state index contributed by atoms with van der Waals surface area (Å²) in [6, 6.07) is 3.96. The quantitative estimate of drug-likeness (QED) is 0.659. The van der Waals surface area contributed by atoms with Gasteiger partial charge >= 0.3 is 0 Å². The first-order chi connectivity index (χ1) is 5.76. The van der Waals surface area contributed by atoms with Crippen molar-refractivity contribution in [3.63, 3.8) is 0 Å². The zero-order valence-electron chi connectivity index (χ0n) is 7.33. The third kappa shape index (κ3) is 2.03. The predicted molar refractivity (Wildman–Crippen MR) is 45.5 cm³/mol. The molecular formula is C9H11N3. The van der Waals surface area contributed by atoms with Crippen molar-refractivity contribution in [2.24, 2.45) is 0 Å². The molecule has 3 nitrogen and oxygen atoms in total. The van der Waals surface area contributed by atoms with Crippen molar-refractivity contribution in [3.8, 4) is 6.07 Å². The van der Waals surface area contributed by atoms with Gasteiger partial charge in [0.15, 0.2) is 0 Å². The van der Waals surface area contributed by atoms with Crippen LogP contribution in [-0.2, 0) is 12.8 Å². The summed E-state index contributed by atoms with van der Waals surface area (Å²) in [7, 11) is 0. The molecule has 0 saturated heterocycles. The number of aromatic nitrogens is 2. The predicted octanol–water partition coefficient (Wildman–Crippen LogP) is 1.41. The fourth-order valence-corrected chi connectivity index (χ4v) is 1.05. The minimum atomic E-state index is 0.371. The van der Waals surface area contributed by atoms with E-state index in [9.17, 15) is 0 Å². The monoisotopic (exact) mass is 161 g/mol. The highest BCUT2D eigenvalue weighted by Gasteiger charge is 1.98. The van der Waals surface area contributed by atoms with E-state index in [1.807, 2.05) is 19.9 Å². The van der Waals surface area contributed by atoms with Crippen LogP contribution in [-0.4, -0.2) is 9.97 Å². The first-order valence-corrected chi connectivity index (χ1v) is 3.96. The zero-order chi connectivity index (χ0) is 8.97. The van der Waals surface area contributed by atoms with Crippen LogP contribution in [0.1, 0.15) is 24.1 Å². The van der Waals surface area contributed by atoms with E-state index in [-0.39, 0.29) is 0 Å². The van der Waals surface area contributed by atoms with Gasteiger partial charge in [0, 0.05) is 5.69 Å². The molecule has 0 bridgehead atoms. The van der Waals surface area contributed by atoms with Gasteiger partial charge < -0.3 is 0 Å². The molecule has 0 aliphatic carbocycles. The lowest BCUT2D eigenvalue weighted by Gasteiger charge is -2.00. The first-order valence-electron chi connectivity index (χ1n) is 3.96. The maximum atomic E-state index is 8.46. The molecule has 0 unspecified atom stereocenters. The lowest BCUT2D eigenvalue weighted by Crippen LogP contribution is -1.98. The number of rotatable bonds is 2. The average molecular weight is 161 g/mol. The Kier molecular flexibility index (Phi) is 2.76. The Hall–Kier alpha value is -1.43. The Morgan fingerprint density at radius 3 is 2.67 bits per heavy atom.